The predicted octanol–water partition coefficient (Wildman–Crippen LogP) is 2.67. The Labute approximate surface area is 107 Å². The van der Waals surface area contributed by atoms with Crippen LogP contribution in [0.15, 0.2) is 36.7 Å². The van der Waals surface area contributed by atoms with Crippen LogP contribution >= 0.6 is 0 Å². The highest BCUT2D eigenvalue weighted by Gasteiger charge is 2.11. The normalized spacial score (nSPS) is 10.8. The van der Waals surface area contributed by atoms with Gasteiger partial charge in [0.05, 0.1) is 0 Å². The second kappa shape index (κ2) is 5.58. The van der Waals surface area contributed by atoms with Crippen LogP contribution in [0.3, 0.4) is 0 Å². The summed E-state index contributed by atoms with van der Waals surface area (Å²) in [5.41, 5.74) is 0.758. The maximum atomic E-state index is 12.0. The summed E-state index contributed by atoms with van der Waals surface area (Å²) in [4.78, 5) is 16.2. The van der Waals surface area contributed by atoms with Gasteiger partial charge in [-0.1, -0.05) is 30.3 Å². The van der Waals surface area contributed by atoms with Crippen molar-refractivity contribution in [3.8, 4) is 0 Å². The Morgan fingerprint density at radius 2 is 2.00 bits per heavy atom. The summed E-state index contributed by atoms with van der Waals surface area (Å²) in [6, 6.07) is 9.62. The predicted molar refractivity (Wildman–Crippen MR) is 69.5 cm³/mol. The molecule has 0 fully saturated rings. The lowest BCUT2D eigenvalue weighted by Gasteiger charge is -2.08. The molecule has 0 unspecified atom stereocenters. The molecule has 0 spiro atoms. The van der Waals surface area contributed by atoms with Gasteiger partial charge in [-0.2, -0.15) is 5.10 Å². The second-order valence-electron chi connectivity index (χ2n) is 4.50. The standard InChI is InChI=1S/C14H17N3O/c1-11(2)17-14(15-10-16-17)9-8-13(18)12-6-4-3-5-7-12/h3-7,10-11H,8-9H2,1-2H3. The van der Waals surface area contributed by atoms with E-state index in [-0.39, 0.29) is 11.8 Å². The Hall–Kier alpha value is -1.97. The third-order valence-electron chi connectivity index (χ3n) is 2.81. The molecule has 0 N–H and O–H groups in total. The summed E-state index contributed by atoms with van der Waals surface area (Å²) in [6.45, 7) is 4.11. The van der Waals surface area contributed by atoms with Crippen molar-refractivity contribution in [3.05, 3.63) is 48.0 Å². The fourth-order valence-corrected chi connectivity index (χ4v) is 1.88. The Bertz CT molecular complexity index is 517. The third-order valence-corrected chi connectivity index (χ3v) is 2.81. The first-order valence-electron chi connectivity index (χ1n) is 6.15. The van der Waals surface area contributed by atoms with E-state index in [0.717, 1.165) is 11.4 Å². The number of aryl methyl sites for hydroxylation is 1. The summed E-state index contributed by atoms with van der Waals surface area (Å²) in [6.07, 6.45) is 2.64. The molecule has 0 amide bonds. The van der Waals surface area contributed by atoms with Gasteiger partial charge in [0.15, 0.2) is 5.78 Å². The van der Waals surface area contributed by atoms with Crippen LogP contribution in [0, 0.1) is 0 Å². The number of benzene rings is 1. The van der Waals surface area contributed by atoms with Gasteiger partial charge in [-0.25, -0.2) is 9.67 Å². The van der Waals surface area contributed by atoms with Crippen LogP contribution in [-0.4, -0.2) is 20.5 Å². The van der Waals surface area contributed by atoms with E-state index in [2.05, 4.69) is 23.9 Å². The maximum absolute atomic E-state index is 12.0. The zero-order chi connectivity index (χ0) is 13.0. The van der Waals surface area contributed by atoms with Gasteiger partial charge in [0.1, 0.15) is 12.2 Å². The van der Waals surface area contributed by atoms with Gasteiger partial charge in [-0.05, 0) is 13.8 Å². The van der Waals surface area contributed by atoms with Crippen LogP contribution in [0.5, 0.6) is 0 Å². The lowest BCUT2D eigenvalue weighted by atomic mass is 10.1. The minimum Gasteiger partial charge on any atom is -0.294 e. The van der Waals surface area contributed by atoms with Gasteiger partial charge in [0.2, 0.25) is 0 Å². The molecule has 1 aromatic heterocycles. The van der Waals surface area contributed by atoms with E-state index in [9.17, 15) is 4.79 Å². The van der Waals surface area contributed by atoms with Crippen LogP contribution in [0.4, 0.5) is 0 Å². The number of hydrogen-bond acceptors (Lipinski definition) is 3. The zero-order valence-corrected chi connectivity index (χ0v) is 10.7. The van der Waals surface area contributed by atoms with Crippen LogP contribution in [-0.2, 0) is 6.42 Å². The average Bonchev–Trinajstić information content (AvgIpc) is 2.85. The molecule has 2 aromatic rings. The maximum Gasteiger partial charge on any atom is 0.163 e. The van der Waals surface area contributed by atoms with E-state index in [1.165, 1.54) is 0 Å². The quantitative estimate of drug-likeness (QED) is 0.758. The second-order valence-corrected chi connectivity index (χ2v) is 4.50. The highest BCUT2D eigenvalue weighted by atomic mass is 16.1. The van der Waals surface area contributed by atoms with Crippen molar-refractivity contribution in [1.29, 1.82) is 0 Å². The Morgan fingerprint density at radius 1 is 1.28 bits per heavy atom. The van der Waals surface area contributed by atoms with E-state index in [1.54, 1.807) is 6.33 Å². The van der Waals surface area contributed by atoms with Crippen molar-refractivity contribution < 1.29 is 4.79 Å². The van der Waals surface area contributed by atoms with Gasteiger partial charge in [0, 0.05) is 24.4 Å². The number of rotatable bonds is 5. The van der Waals surface area contributed by atoms with Crippen molar-refractivity contribution in [1.82, 2.24) is 14.8 Å². The SMILES string of the molecule is CC(C)n1ncnc1CCC(=O)c1ccccc1. The van der Waals surface area contributed by atoms with Gasteiger partial charge in [-0.3, -0.25) is 4.79 Å². The fourth-order valence-electron chi connectivity index (χ4n) is 1.88. The van der Waals surface area contributed by atoms with Crippen LogP contribution < -0.4 is 0 Å². The fraction of sp³-hybridized carbons (Fsp3) is 0.357. The van der Waals surface area contributed by atoms with E-state index >= 15 is 0 Å². The number of carbonyl (C=O) groups excluding carboxylic acids is 1. The molecule has 18 heavy (non-hydrogen) atoms. The highest BCUT2D eigenvalue weighted by Crippen LogP contribution is 2.10. The van der Waals surface area contributed by atoms with Gasteiger partial charge >= 0.3 is 0 Å². The van der Waals surface area contributed by atoms with E-state index in [0.29, 0.717) is 12.8 Å². The molecule has 1 aromatic carbocycles. The first-order chi connectivity index (χ1) is 8.68. The monoisotopic (exact) mass is 243 g/mol. The smallest absolute Gasteiger partial charge is 0.163 e. The molecule has 0 radical (unpaired) electrons. The van der Waals surface area contributed by atoms with E-state index < -0.39 is 0 Å². The highest BCUT2D eigenvalue weighted by molar-refractivity contribution is 5.96. The minimum atomic E-state index is 0.147. The Kier molecular flexibility index (Phi) is 3.87. The number of Topliss-reactive ketones (excluding diaryl/α,β-unsaturated/α-hetero) is 1. The van der Waals surface area contributed by atoms with E-state index in [4.69, 9.17) is 0 Å². The minimum absolute atomic E-state index is 0.147. The first-order valence-corrected chi connectivity index (χ1v) is 6.15. The molecule has 2 rings (SSSR count). The number of aromatic nitrogens is 3. The number of ketones is 1. The molecule has 0 aliphatic rings. The van der Waals surface area contributed by atoms with Gasteiger partial charge in [0.25, 0.3) is 0 Å². The molecule has 0 atom stereocenters. The molecule has 4 heteroatoms. The Morgan fingerprint density at radius 3 is 2.67 bits per heavy atom. The Balaban J connectivity index is 2.00. The number of carbonyl (C=O) groups is 1. The summed E-state index contributed by atoms with van der Waals surface area (Å²) in [5, 5.41) is 4.16. The molecule has 0 bridgehead atoms. The van der Waals surface area contributed by atoms with Crippen LogP contribution in [0.25, 0.3) is 0 Å². The average molecular weight is 243 g/mol. The number of hydrogen-bond donors (Lipinski definition) is 0. The summed E-state index contributed by atoms with van der Waals surface area (Å²) < 4.78 is 1.86. The molecule has 1 heterocycles. The van der Waals surface area contributed by atoms with Crippen molar-refractivity contribution in [2.75, 3.05) is 0 Å². The summed E-state index contributed by atoms with van der Waals surface area (Å²) in [5.74, 6) is 1.02. The molecular weight excluding hydrogens is 226 g/mol. The van der Waals surface area contributed by atoms with Crippen molar-refractivity contribution >= 4 is 5.78 Å². The molecule has 4 nitrogen and oxygen atoms in total. The molecule has 0 saturated heterocycles. The molecule has 0 aliphatic heterocycles. The first kappa shape index (κ1) is 12.5. The van der Waals surface area contributed by atoms with E-state index in [1.807, 2.05) is 35.0 Å². The lowest BCUT2D eigenvalue weighted by Crippen LogP contribution is -2.10. The van der Waals surface area contributed by atoms with Gasteiger partial charge < -0.3 is 0 Å². The summed E-state index contributed by atoms with van der Waals surface area (Å²) >= 11 is 0. The van der Waals surface area contributed by atoms with Crippen molar-refractivity contribution in [2.24, 2.45) is 0 Å². The summed E-state index contributed by atoms with van der Waals surface area (Å²) in [7, 11) is 0. The molecule has 0 aliphatic carbocycles. The topological polar surface area (TPSA) is 47.8 Å². The number of nitrogens with zero attached hydrogens (tertiary/aromatic N) is 3. The molecular formula is C14H17N3O. The van der Waals surface area contributed by atoms with Crippen LogP contribution in [0.2, 0.25) is 0 Å². The molecule has 0 saturated carbocycles. The molecule has 94 valence electrons. The van der Waals surface area contributed by atoms with Gasteiger partial charge in [-0.15, -0.1) is 0 Å². The largest absolute Gasteiger partial charge is 0.294 e. The van der Waals surface area contributed by atoms with Crippen molar-refractivity contribution in [3.63, 3.8) is 0 Å². The zero-order valence-electron chi connectivity index (χ0n) is 10.7. The lowest BCUT2D eigenvalue weighted by molar-refractivity contribution is 0.0981. The third kappa shape index (κ3) is 2.83. The van der Waals surface area contributed by atoms with Crippen molar-refractivity contribution in [2.45, 2.75) is 32.7 Å². The van der Waals surface area contributed by atoms with Crippen LogP contribution in [0.1, 0.15) is 42.5 Å².